The van der Waals surface area contributed by atoms with Crippen molar-refractivity contribution in [3.05, 3.63) is 53.5 Å². The summed E-state index contributed by atoms with van der Waals surface area (Å²) in [7, 11) is 3.06. The van der Waals surface area contributed by atoms with Crippen molar-refractivity contribution in [2.24, 2.45) is 0 Å². The molecule has 1 aromatic heterocycles. The van der Waals surface area contributed by atoms with Gasteiger partial charge in [0.05, 0.1) is 14.2 Å². The molecule has 1 aliphatic rings. The molecule has 0 unspecified atom stereocenters. The van der Waals surface area contributed by atoms with E-state index in [-0.39, 0.29) is 30.5 Å². The van der Waals surface area contributed by atoms with Gasteiger partial charge in [0.1, 0.15) is 5.82 Å². The molecule has 0 bridgehead atoms. The van der Waals surface area contributed by atoms with Crippen molar-refractivity contribution < 1.29 is 23.5 Å². The maximum atomic E-state index is 13.7. The lowest BCUT2D eigenvalue weighted by atomic mass is 10.0. The van der Waals surface area contributed by atoms with E-state index in [0.717, 1.165) is 22.2 Å². The van der Waals surface area contributed by atoms with Crippen LogP contribution >= 0.6 is 0 Å². The van der Waals surface area contributed by atoms with Crippen molar-refractivity contribution in [3.8, 4) is 11.5 Å². The number of nitrogens with one attached hydrogen (secondary N) is 2. The molecule has 0 fully saturated rings. The van der Waals surface area contributed by atoms with Crippen molar-refractivity contribution in [1.29, 1.82) is 0 Å². The average molecular weight is 425 g/mol. The Hall–Kier alpha value is -3.55. The molecule has 2 aromatic carbocycles. The van der Waals surface area contributed by atoms with E-state index in [1.165, 1.54) is 26.4 Å². The second kappa shape index (κ2) is 8.67. The predicted octanol–water partition coefficient (Wildman–Crippen LogP) is 3.63. The van der Waals surface area contributed by atoms with Gasteiger partial charge in [-0.3, -0.25) is 9.59 Å². The second-order valence-electron chi connectivity index (χ2n) is 7.46. The van der Waals surface area contributed by atoms with Gasteiger partial charge in [-0.15, -0.1) is 0 Å². The van der Waals surface area contributed by atoms with Crippen molar-refractivity contribution in [2.45, 2.75) is 25.8 Å². The Balaban J connectivity index is 1.36. The first-order valence-electron chi connectivity index (χ1n) is 10.1. The highest BCUT2D eigenvalue weighted by Crippen LogP contribution is 2.30. The van der Waals surface area contributed by atoms with Crippen LogP contribution < -0.4 is 14.8 Å². The summed E-state index contributed by atoms with van der Waals surface area (Å²) in [5, 5.41) is 3.58. The lowest BCUT2D eigenvalue weighted by molar-refractivity contribution is -0.133. The number of amides is 2. The number of H-pyrrole nitrogens is 1. The fraction of sp³-hybridized carbons (Fsp3) is 0.304. The summed E-state index contributed by atoms with van der Waals surface area (Å²) >= 11 is 0. The molecule has 0 saturated carbocycles. The first kappa shape index (κ1) is 20.7. The fourth-order valence-corrected chi connectivity index (χ4v) is 3.92. The summed E-state index contributed by atoms with van der Waals surface area (Å²) in [5.41, 5.74) is 3.42. The first-order chi connectivity index (χ1) is 15.0. The van der Waals surface area contributed by atoms with Crippen molar-refractivity contribution in [2.75, 3.05) is 26.1 Å². The maximum absolute atomic E-state index is 13.7. The van der Waals surface area contributed by atoms with E-state index in [4.69, 9.17) is 9.47 Å². The van der Waals surface area contributed by atoms with Crippen LogP contribution in [0.4, 0.5) is 10.1 Å². The van der Waals surface area contributed by atoms with Gasteiger partial charge in [-0.25, -0.2) is 4.39 Å². The van der Waals surface area contributed by atoms with Gasteiger partial charge in [-0.2, -0.15) is 0 Å². The number of aromatic amines is 1. The van der Waals surface area contributed by atoms with Crippen LogP contribution in [0, 0.1) is 5.82 Å². The van der Waals surface area contributed by atoms with E-state index < -0.39 is 0 Å². The standard InChI is InChI=1S/C23H24FN3O4/c1-30-20-6-4-15(12-21(20)31-2)25-22(28)7-8-23(29)27-10-9-19-17(13-27)16-11-14(24)3-5-18(16)26-19/h3-6,11-12,26H,7-10,13H2,1-2H3,(H,25,28). The number of carbonyl (C=O) groups excluding carboxylic acids is 2. The summed E-state index contributed by atoms with van der Waals surface area (Å²) in [6, 6.07) is 9.71. The smallest absolute Gasteiger partial charge is 0.224 e. The molecule has 8 heteroatoms. The summed E-state index contributed by atoms with van der Waals surface area (Å²) in [5.74, 6) is 0.420. The molecule has 4 rings (SSSR count). The van der Waals surface area contributed by atoms with Gasteiger partial charge in [0.25, 0.3) is 0 Å². The average Bonchev–Trinajstić information content (AvgIpc) is 3.14. The lowest BCUT2D eigenvalue weighted by Crippen LogP contribution is -2.36. The highest BCUT2D eigenvalue weighted by Gasteiger charge is 2.24. The maximum Gasteiger partial charge on any atom is 0.224 e. The summed E-state index contributed by atoms with van der Waals surface area (Å²) in [4.78, 5) is 30.1. The number of carbonyl (C=O) groups is 2. The Morgan fingerprint density at radius 3 is 2.68 bits per heavy atom. The number of ether oxygens (including phenoxy) is 2. The molecule has 2 heterocycles. The van der Waals surface area contributed by atoms with Gasteiger partial charge >= 0.3 is 0 Å². The molecule has 0 atom stereocenters. The van der Waals surface area contributed by atoms with Gasteiger partial charge in [-0.1, -0.05) is 0 Å². The van der Waals surface area contributed by atoms with Crippen LogP contribution in [0.3, 0.4) is 0 Å². The number of aromatic nitrogens is 1. The van der Waals surface area contributed by atoms with E-state index in [0.29, 0.717) is 36.7 Å². The molecule has 0 radical (unpaired) electrons. The molecule has 2 amide bonds. The quantitative estimate of drug-likeness (QED) is 0.632. The lowest BCUT2D eigenvalue weighted by Gasteiger charge is -2.27. The number of halogens is 1. The zero-order chi connectivity index (χ0) is 22.0. The van der Waals surface area contributed by atoms with E-state index in [1.54, 1.807) is 29.2 Å². The molecule has 0 spiro atoms. The number of nitrogens with zero attached hydrogens (tertiary/aromatic N) is 1. The molecule has 7 nitrogen and oxygen atoms in total. The van der Waals surface area contributed by atoms with Crippen molar-refractivity contribution in [3.63, 3.8) is 0 Å². The minimum atomic E-state index is -0.301. The van der Waals surface area contributed by atoms with Crippen LogP contribution in [0.5, 0.6) is 11.5 Å². The minimum Gasteiger partial charge on any atom is -0.493 e. The number of benzene rings is 2. The summed E-state index contributed by atoms with van der Waals surface area (Å²) in [6.07, 6.45) is 0.847. The molecule has 162 valence electrons. The number of anilines is 1. The number of rotatable bonds is 6. The van der Waals surface area contributed by atoms with Gasteiger partial charge in [-0.05, 0) is 30.3 Å². The highest BCUT2D eigenvalue weighted by atomic mass is 19.1. The minimum absolute atomic E-state index is 0.0685. The SMILES string of the molecule is COc1ccc(NC(=O)CCC(=O)N2CCc3[nH]c4ccc(F)cc4c3C2)cc1OC. The predicted molar refractivity (Wildman–Crippen MR) is 115 cm³/mol. The van der Waals surface area contributed by atoms with Gasteiger partial charge in [0.2, 0.25) is 11.8 Å². The Labute approximate surface area is 179 Å². The van der Waals surface area contributed by atoms with E-state index >= 15 is 0 Å². The Morgan fingerprint density at radius 2 is 1.90 bits per heavy atom. The van der Waals surface area contributed by atoms with E-state index in [2.05, 4.69) is 10.3 Å². The number of fused-ring (bicyclic) bond motifs is 3. The molecule has 0 saturated heterocycles. The molecule has 31 heavy (non-hydrogen) atoms. The van der Waals surface area contributed by atoms with Crippen LogP contribution in [-0.4, -0.2) is 42.5 Å². The van der Waals surface area contributed by atoms with E-state index in [9.17, 15) is 14.0 Å². The van der Waals surface area contributed by atoms with E-state index in [1.807, 2.05) is 0 Å². The van der Waals surface area contributed by atoms with Crippen molar-refractivity contribution >= 4 is 28.4 Å². The van der Waals surface area contributed by atoms with Crippen LogP contribution in [0.15, 0.2) is 36.4 Å². The van der Waals surface area contributed by atoms with Gasteiger partial charge < -0.3 is 24.7 Å². The molecule has 3 aromatic rings. The van der Waals surface area contributed by atoms with Gasteiger partial charge in [0, 0.05) is 66.3 Å². The topological polar surface area (TPSA) is 83.7 Å². The number of hydrogen-bond acceptors (Lipinski definition) is 4. The Morgan fingerprint density at radius 1 is 1.10 bits per heavy atom. The molecular weight excluding hydrogens is 401 g/mol. The largest absolute Gasteiger partial charge is 0.493 e. The molecule has 1 aliphatic heterocycles. The Kier molecular flexibility index (Phi) is 5.79. The van der Waals surface area contributed by atoms with Crippen LogP contribution in [0.1, 0.15) is 24.1 Å². The normalized spacial score (nSPS) is 13.1. The van der Waals surface area contributed by atoms with Crippen LogP contribution in [0.2, 0.25) is 0 Å². The number of methoxy groups -OCH3 is 2. The molecular formula is C23H24FN3O4. The zero-order valence-corrected chi connectivity index (χ0v) is 17.5. The number of hydrogen-bond donors (Lipinski definition) is 2. The third-order valence-corrected chi connectivity index (χ3v) is 5.52. The molecule has 0 aliphatic carbocycles. The third-order valence-electron chi connectivity index (χ3n) is 5.52. The van der Waals surface area contributed by atoms with Crippen molar-refractivity contribution in [1.82, 2.24) is 9.88 Å². The summed E-state index contributed by atoms with van der Waals surface area (Å²) < 4.78 is 24.1. The third kappa shape index (κ3) is 4.33. The highest BCUT2D eigenvalue weighted by molar-refractivity contribution is 5.93. The monoisotopic (exact) mass is 425 g/mol. The van der Waals surface area contributed by atoms with Gasteiger partial charge in [0.15, 0.2) is 11.5 Å². The Bertz CT molecular complexity index is 1140. The fourth-order valence-electron chi connectivity index (χ4n) is 3.92. The molecule has 2 N–H and O–H groups in total. The van der Waals surface area contributed by atoms with Crippen LogP contribution in [0.25, 0.3) is 10.9 Å². The zero-order valence-electron chi connectivity index (χ0n) is 17.5. The second-order valence-corrected chi connectivity index (χ2v) is 7.46. The van der Waals surface area contributed by atoms with Crippen LogP contribution in [-0.2, 0) is 22.6 Å². The summed E-state index contributed by atoms with van der Waals surface area (Å²) in [6.45, 7) is 0.980. The first-order valence-corrected chi connectivity index (χ1v) is 10.1.